The lowest BCUT2D eigenvalue weighted by molar-refractivity contribution is -0.133. The summed E-state index contributed by atoms with van der Waals surface area (Å²) < 4.78 is 10.7. The minimum Gasteiger partial charge on any atom is -0.497 e. The molecule has 2 aromatic carbocycles. The second-order valence-corrected chi connectivity index (χ2v) is 10.9. The Labute approximate surface area is 250 Å². The monoisotopic (exact) mass is 575 g/mol. The maximum absolute atomic E-state index is 13.7. The number of Topliss-reactive ketones (excluding diaryl/α,β-unsaturated/α-hetero) is 1. The number of nitrogens with zero attached hydrogens (tertiary/aromatic N) is 1. The number of piperidine rings is 1. The van der Waals surface area contributed by atoms with Crippen molar-refractivity contribution in [1.82, 2.24) is 15.5 Å². The standard InChI is InChI=1S/C34H45N3O5/c1-5-20-42-21-12-17-29(25(2)3)35-33(39)30(22-26-13-7-6-8-14-26)36-34(40)31-18-9-10-19-37(31)24-32(38)27-15-11-16-28(23-27)41-4/h5-8,11-17,23,25,29-31H,1,9-10,18-22,24H2,2-4H3,(H,35,39)(H,36,40)/b17-12+/t29-,30+,31+/m1/s1. The Hall–Kier alpha value is -3.75. The maximum Gasteiger partial charge on any atom is 0.243 e. The third kappa shape index (κ3) is 10.3. The van der Waals surface area contributed by atoms with E-state index in [-0.39, 0.29) is 36.1 Å². The van der Waals surface area contributed by atoms with Crippen LogP contribution in [0.25, 0.3) is 0 Å². The van der Waals surface area contributed by atoms with E-state index in [1.165, 1.54) is 0 Å². The Kier molecular flexibility index (Phi) is 13.5. The topological polar surface area (TPSA) is 97.0 Å². The summed E-state index contributed by atoms with van der Waals surface area (Å²) in [4.78, 5) is 42.4. The van der Waals surface area contributed by atoms with Crippen LogP contribution in [-0.2, 0) is 20.7 Å². The van der Waals surface area contributed by atoms with Crippen molar-refractivity contribution in [2.24, 2.45) is 5.92 Å². The Bertz CT molecular complexity index is 1200. The highest BCUT2D eigenvalue weighted by atomic mass is 16.5. The number of benzene rings is 2. The molecule has 3 atom stereocenters. The van der Waals surface area contributed by atoms with Gasteiger partial charge in [0.25, 0.3) is 0 Å². The molecule has 0 saturated carbocycles. The third-order valence-corrected chi connectivity index (χ3v) is 7.39. The van der Waals surface area contributed by atoms with Crippen LogP contribution in [0.1, 0.15) is 49.0 Å². The van der Waals surface area contributed by atoms with Crippen LogP contribution in [0.4, 0.5) is 0 Å². The Morgan fingerprint density at radius 2 is 1.83 bits per heavy atom. The average molecular weight is 576 g/mol. The van der Waals surface area contributed by atoms with Crippen molar-refractivity contribution < 1.29 is 23.9 Å². The zero-order chi connectivity index (χ0) is 30.3. The third-order valence-electron chi connectivity index (χ3n) is 7.39. The van der Waals surface area contributed by atoms with Crippen molar-refractivity contribution in [2.45, 2.75) is 57.7 Å². The molecule has 1 saturated heterocycles. The molecule has 8 heteroatoms. The van der Waals surface area contributed by atoms with Gasteiger partial charge >= 0.3 is 0 Å². The molecule has 2 aromatic rings. The fraction of sp³-hybridized carbons (Fsp3) is 0.441. The van der Waals surface area contributed by atoms with Gasteiger partial charge in [0, 0.05) is 18.0 Å². The molecular formula is C34H45N3O5. The zero-order valence-corrected chi connectivity index (χ0v) is 25.1. The highest BCUT2D eigenvalue weighted by molar-refractivity contribution is 5.98. The molecule has 1 aliphatic rings. The summed E-state index contributed by atoms with van der Waals surface area (Å²) in [7, 11) is 1.56. The zero-order valence-electron chi connectivity index (χ0n) is 25.1. The largest absolute Gasteiger partial charge is 0.497 e. The highest BCUT2D eigenvalue weighted by Crippen LogP contribution is 2.20. The van der Waals surface area contributed by atoms with Crippen LogP contribution in [0.15, 0.2) is 79.4 Å². The number of methoxy groups -OCH3 is 1. The van der Waals surface area contributed by atoms with Crippen LogP contribution in [0.3, 0.4) is 0 Å². The molecule has 1 heterocycles. The first-order valence-electron chi connectivity index (χ1n) is 14.7. The molecule has 0 aromatic heterocycles. The van der Waals surface area contributed by atoms with Crippen LogP contribution in [0.5, 0.6) is 5.75 Å². The molecule has 2 N–H and O–H groups in total. The van der Waals surface area contributed by atoms with Crippen LogP contribution in [0, 0.1) is 5.92 Å². The predicted molar refractivity (Wildman–Crippen MR) is 166 cm³/mol. The Balaban J connectivity index is 1.73. The molecule has 3 rings (SSSR count). The van der Waals surface area contributed by atoms with Gasteiger partial charge in [-0.1, -0.05) is 81.0 Å². The van der Waals surface area contributed by atoms with E-state index in [2.05, 4.69) is 17.2 Å². The summed E-state index contributed by atoms with van der Waals surface area (Å²) in [6.45, 7) is 9.34. The van der Waals surface area contributed by atoms with Crippen LogP contribution < -0.4 is 15.4 Å². The second kappa shape index (κ2) is 17.3. The minimum atomic E-state index is -0.774. The van der Waals surface area contributed by atoms with Gasteiger partial charge in [0.15, 0.2) is 5.78 Å². The van der Waals surface area contributed by atoms with Crippen molar-refractivity contribution in [2.75, 3.05) is 33.4 Å². The first kappa shape index (κ1) is 32.8. The molecule has 8 nitrogen and oxygen atoms in total. The predicted octanol–water partition coefficient (Wildman–Crippen LogP) is 4.36. The molecule has 0 unspecified atom stereocenters. The van der Waals surface area contributed by atoms with E-state index >= 15 is 0 Å². The first-order chi connectivity index (χ1) is 20.3. The van der Waals surface area contributed by atoms with Gasteiger partial charge in [-0.3, -0.25) is 19.3 Å². The number of amides is 2. The summed E-state index contributed by atoms with van der Waals surface area (Å²) in [5.74, 6) is 0.184. The van der Waals surface area contributed by atoms with Gasteiger partial charge in [0.2, 0.25) is 11.8 Å². The molecule has 2 amide bonds. The Morgan fingerprint density at radius 1 is 1.05 bits per heavy atom. The van der Waals surface area contributed by atoms with Gasteiger partial charge in [-0.05, 0) is 43.0 Å². The molecule has 226 valence electrons. The number of carbonyl (C=O) groups is 3. The molecular weight excluding hydrogens is 530 g/mol. The summed E-state index contributed by atoms with van der Waals surface area (Å²) in [5.41, 5.74) is 1.49. The van der Waals surface area contributed by atoms with Crippen molar-refractivity contribution in [3.8, 4) is 5.75 Å². The van der Waals surface area contributed by atoms with E-state index < -0.39 is 12.1 Å². The van der Waals surface area contributed by atoms with E-state index in [1.54, 1.807) is 37.5 Å². The van der Waals surface area contributed by atoms with E-state index in [0.717, 1.165) is 18.4 Å². The SMILES string of the molecule is C=CCOC/C=C/[C@@H](NC(=O)[C@H](Cc1ccccc1)NC(=O)[C@@H]1CCCCN1CC(=O)c1cccc(OC)c1)C(C)C. The number of ether oxygens (including phenoxy) is 2. The lowest BCUT2D eigenvalue weighted by Gasteiger charge is -2.35. The van der Waals surface area contributed by atoms with E-state index in [9.17, 15) is 14.4 Å². The van der Waals surface area contributed by atoms with E-state index in [4.69, 9.17) is 9.47 Å². The van der Waals surface area contributed by atoms with Crippen LogP contribution in [-0.4, -0.2) is 74.0 Å². The highest BCUT2D eigenvalue weighted by Gasteiger charge is 2.33. The van der Waals surface area contributed by atoms with Crippen LogP contribution >= 0.6 is 0 Å². The molecule has 0 spiro atoms. The molecule has 1 fully saturated rings. The molecule has 0 radical (unpaired) electrons. The smallest absolute Gasteiger partial charge is 0.243 e. The fourth-order valence-electron chi connectivity index (χ4n) is 5.00. The van der Waals surface area contributed by atoms with Gasteiger partial charge in [0.05, 0.1) is 32.9 Å². The number of carbonyl (C=O) groups excluding carboxylic acids is 3. The number of hydrogen-bond donors (Lipinski definition) is 2. The number of likely N-dealkylation sites (tertiary alicyclic amines) is 1. The second-order valence-electron chi connectivity index (χ2n) is 10.9. The van der Waals surface area contributed by atoms with Crippen molar-refractivity contribution in [1.29, 1.82) is 0 Å². The summed E-state index contributed by atoms with van der Waals surface area (Å²) in [6, 6.07) is 15.2. The lowest BCUT2D eigenvalue weighted by Crippen LogP contribution is -2.57. The van der Waals surface area contributed by atoms with Gasteiger partial charge < -0.3 is 20.1 Å². The van der Waals surface area contributed by atoms with Crippen LogP contribution in [0.2, 0.25) is 0 Å². The first-order valence-corrected chi connectivity index (χ1v) is 14.7. The quantitative estimate of drug-likeness (QED) is 0.175. The summed E-state index contributed by atoms with van der Waals surface area (Å²) >= 11 is 0. The molecule has 1 aliphatic heterocycles. The number of nitrogens with one attached hydrogen (secondary N) is 2. The van der Waals surface area contributed by atoms with Crippen molar-refractivity contribution in [3.63, 3.8) is 0 Å². The van der Waals surface area contributed by atoms with E-state index in [0.29, 0.717) is 43.9 Å². The average Bonchev–Trinajstić information content (AvgIpc) is 3.00. The minimum absolute atomic E-state index is 0.0733. The number of hydrogen-bond acceptors (Lipinski definition) is 6. The maximum atomic E-state index is 13.7. The van der Waals surface area contributed by atoms with Gasteiger partial charge in [-0.2, -0.15) is 0 Å². The summed E-state index contributed by atoms with van der Waals surface area (Å²) in [5, 5.41) is 6.16. The number of rotatable bonds is 16. The van der Waals surface area contributed by atoms with Gasteiger partial charge in [-0.25, -0.2) is 0 Å². The molecule has 0 aliphatic carbocycles. The normalized spacial score (nSPS) is 17.0. The molecule has 42 heavy (non-hydrogen) atoms. The lowest BCUT2D eigenvalue weighted by atomic mass is 9.98. The van der Waals surface area contributed by atoms with Gasteiger partial charge in [-0.15, -0.1) is 6.58 Å². The Morgan fingerprint density at radius 3 is 2.55 bits per heavy atom. The fourth-order valence-corrected chi connectivity index (χ4v) is 5.00. The number of ketones is 1. The summed E-state index contributed by atoms with van der Waals surface area (Å²) in [6.07, 6.45) is 8.27. The molecule has 0 bridgehead atoms. The van der Waals surface area contributed by atoms with Gasteiger partial charge in [0.1, 0.15) is 11.8 Å². The van der Waals surface area contributed by atoms with E-state index in [1.807, 2.05) is 61.2 Å². The van der Waals surface area contributed by atoms with Crippen molar-refractivity contribution in [3.05, 3.63) is 90.5 Å². The van der Waals surface area contributed by atoms with Crippen molar-refractivity contribution >= 4 is 17.6 Å².